The molecule has 3 saturated heterocycles. The summed E-state index contributed by atoms with van der Waals surface area (Å²) >= 11 is 0. The molecule has 5 heterocycles. The topological polar surface area (TPSA) is 155 Å². The molecule has 2 aromatic carbocycles. The second-order valence-electron chi connectivity index (χ2n) is 14.0. The van der Waals surface area contributed by atoms with Gasteiger partial charge in [-0.15, -0.1) is 0 Å². The van der Waals surface area contributed by atoms with E-state index in [0.29, 0.717) is 36.4 Å². The maximum absolute atomic E-state index is 13.1. The molecule has 280 valence electrons. The highest BCUT2D eigenvalue weighted by Gasteiger charge is 2.38. The van der Waals surface area contributed by atoms with Crippen LogP contribution < -0.4 is 35.9 Å². The summed E-state index contributed by atoms with van der Waals surface area (Å²) in [6.07, 6.45) is 5.29. The zero-order valence-electron chi connectivity index (χ0n) is 30.7. The number of aromatic nitrogens is 3. The number of methoxy groups -OCH3 is 2. The van der Waals surface area contributed by atoms with Crippen LogP contribution in [0, 0.1) is 0 Å². The Labute approximate surface area is 307 Å². The lowest BCUT2D eigenvalue weighted by atomic mass is 10.0. The Kier molecular flexibility index (Phi) is 10.4. The highest BCUT2D eigenvalue weighted by molar-refractivity contribution is 6.01. The van der Waals surface area contributed by atoms with Gasteiger partial charge >= 0.3 is 0 Å². The number of imide groups is 1. The van der Waals surface area contributed by atoms with Gasteiger partial charge in [0.15, 0.2) is 0 Å². The Bertz CT molecular complexity index is 2040. The molecule has 0 saturated carbocycles. The molecule has 3 aliphatic rings. The van der Waals surface area contributed by atoms with E-state index in [1.54, 1.807) is 50.0 Å². The van der Waals surface area contributed by atoms with E-state index in [4.69, 9.17) is 9.47 Å². The lowest BCUT2D eigenvalue weighted by molar-refractivity contribution is -0.133. The number of hydrogen-bond acceptors (Lipinski definition) is 11. The fourth-order valence-corrected chi connectivity index (χ4v) is 7.41. The smallest absolute Gasteiger partial charge is 0.276 e. The number of anilines is 2. The van der Waals surface area contributed by atoms with E-state index < -0.39 is 6.04 Å². The summed E-state index contributed by atoms with van der Waals surface area (Å²) in [5.74, 6) is 0.826. The average Bonchev–Trinajstić information content (AvgIpc) is 3.85. The van der Waals surface area contributed by atoms with Crippen molar-refractivity contribution in [1.82, 2.24) is 34.8 Å². The number of nitrogens with zero attached hydrogens (tertiary/aromatic N) is 6. The summed E-state index contributed by atoms with van der Waals surface area (Å²) in [4.78, 5) is 56.1. The molecule has 0 spiro atoms. The SMILES string of the molecule is COc1cc(-c2cn(C)c(=O)c3c2cnn3C)cc(OC)c1CNCC(=O)N1CC1CCN1CCN(c2ccc(NC3CCC(=O)NC3=O)cc2)CC1. The van der Waals surface area contributed by atoms with Gasteiger partial charge in [-0.25, -0.2) is 0 Å². The van der Waals surface area contributed by atoms with E-state index >= 15 is 0 Å². The first-order valence-corrected chi connectivity index (χ1v) is 18.1. The minimum atomic E-state index is -0.394. The van der Waals surface area contributed by atoms with E-state index in [0.717, 1.165) is 79.1 Å². The molecule has 3 amide bonds. The fraction of sp³-hybridized carbons (Fsp3) is 0.447. The molecule has 2 unspecified atom stereocenters. The van der Waals surface area contributed by atoms with Crippen molar-refractivity contribution in [3.05, 3.63) is 64.7 Å². The van der Waals surface area contributed by atoms with E-state index in [1.807, 2.05) is 29.2 Å². The van der Waals surface area contributed by atoms with Gasteiger partial charge in [0.2, 0.25) is 17.7 Å². The van der Waals surface area contributed by atoms with Crippen molar-refractivity contribution in [3.63, 3.8) is 0 Å². The number of nitrogens with one attached hydrogen (secondary N) is 3. The number of hydrogen-bond donors (Lipinski definition) is 3. The molecule has 3 fully saturated rings. The zero-order valence-corrected chi connectivity index (χ0v) is 30.7. The Hall–Kier alpha value is -5.41. The molecule has 0 bridgehead atoms. The molecule has 3 N–H and O–H groups in total. The van der Waals surface area contributed by atoms with Gasteiger partial charge in [-0.2, -0.15) is 5.10 Å². The van der Waals surface area contributed by atoms with Gasteiger partial charge in [0.1, 0.15) is 23.1 Å². The fourth-order valence-electron chi connectivity index (χ4n) is 7.41. The Balaban J connectivity index is 0.858. The number of carbonyl (C=O) groups is 3. The Morgan fingerprint density at radius 3 is 2.40 bits per heavy atom. The van der Waals surface area contributed by atoms with Crippen LogP contribution in [0.4, 0.5) is 11.4 Å². The van der Waals surface area contributed by atoms with Gasteiger partial charge in [-0.1, -0.05) is 0 Å². The average molecular weight is 726 g/mol. The van der Waals surface area contributed by atoms with Crippen LogP contribution >= 0.6 is 0 Å². The predicted molar refractivity (Wildman–Crippen MR) is 201 cm³/mol. The van der Waals surface area contributed by atoms with Gasteiger partial charge < -0.3 is 34.5 Å². The Morgan fingerprint density at radius 2 is 1.72 bits per heavy atom. The molecule has 4 aromatic rings. The van der Waals surface area contributed by atoms with Gasteiger partial charge in [0, 0.05) is 100 Å². The Morgan fingerprint density at radius 1 is 1.00 bits per heavy atom. The normalized spacial score (nSPS) is 19.0. The third-order valence-corrected chi connectivity index (χ3v) is 10.6. The van der Waals surface area contributed by atoms with E-state index in [-0.39, 0.29) is 35.9 Å². The number of carbonyl (C=O) groups excluding carboxylic acids is 3. The van der Waals surface area contributed by atoms with Crippen molar-refractivity contribution in [2.75, 3.05) is 70.2 Å². The van der Waals surface area contributed by atoms with Crippen LogP contribution in [0.25, 0.3) is 22.0 Å². The van der Waals surface area contributed by atoms with Crippen LogP contribution in [0.1, 0.15) is 24.8 Å². The number of pyridine rings is 1. The second-order valence-corrected chi connectivity index (χ2v) is 14.0. The lowest BCUT2D eigenvalue weighted by Crippen LogP contribution is -2.47. The van der Waals surface area contributed by atoms with Crippen LogP contribution in [-0.2, 0) is 35.0 Å². The largest absolute Gasteiger partial charge is 0.496 e. The summed E-state index contributed by atoms with van der Waals surface area (Å²) < 4.78 is 14.7. The second kappa shape index (κ2) is 15.3. The molecule has 0 aliphatic carbocycles. The van der Waals surface area contributed by atoms with Crippen LogP contribution in [0.3, 0.4) is 0 Å². The predicted octanol–water partition coefficient (Wildman–Crippen LogP) is 1.69. The molecule has 7 rings (SSSR count). The van der Waals surface area contributed by atoms with Gasteiger partial charge in [0.25, 0.3) is 5.56 Å². The van der Waals surface area contributed by atoms with E-state index in [2.05, 4.69) is 43.0 Å². The molecule has 15 heteroatoms. The van der Waals surface area contributed by atoms with Crippen LogP contribution in [0.5, 0.6) is 11.5 Å². The van der Waals surface area contributed by atoms with Crippen molar-refractivity contribution < 1.29 is 23.9 Å². The number of rotatable bonds is 13. The van der Waals surface area contributed by atoms with Crippen molar-refractivity contribution in [2.24, 2.45) is 14.1 Å². The first-order chi connectivity index (χ1) is 25.6. The summed E-state index contributed by atoms with van der Waals surface area (Å²) in [6.45, 7) is 6.08. The molecule has 53 heavy (non-hydrogen) atoms. The summed E-state index contributed by atoms with van der Waals surface area (Å²) in [5.41, 5.74) is 4.88. The van der Waals surface area contributed by atoms with Crippen molar-refractivity contribution in [3.8, 4) is 22.6 Å². The number of aryl methyl sites for hydroxylation is 2. The van der Waals surface area contributed by atoms with Crippen LogP contribution in [0.2, 0.25) is 0 Å². The number of fused-ring (bicyclic) bond motifs is 1. The third-order valence-electron chi connectivity index (χ3n) is 10.6. The van der Waals surface area contributed by atoms with Crippen molar-refractivity contribution >= 4 is 40.0 Å². The number of amides is 3. The summed E-state index contributed by atoms with van der Waals surface area (Å²) in [7, 11) is 6.69. The van der Waals surface area contributed by atoms with Crippen molar-refractivity contribution in [1.29, 1.82) is 0 Å². The molecule has 15 nitrogen and oxygen atoms in total. The number of ether oxygens (including phenoxy) is 2. The first kappa shape index (κ1) is 36.0. The van der Waals surface area contributed by atoms with Crippen molar-refractivity contribution in [2.45, 2.75) is 37.9 Å². The van der Waals surface area contributed by atoms with Gasteiger partial charge in [-0.05, 0) is 54.8 Å². The molecular formula is C38H47N9O6. The summed E-state index contributed by atoms with van der Waals surface area (Å²) in [5, 5.41) is 14.0. The lowest BCUT2D eigenvalue weighted by Gasteiger charge is -2.36. The molecular weight excluding hydrogens is 678 g/mol. The van der Waals surface area contributed by atoms with Crippen LogP contribution in [0.15, 0.2) is 53.6 Å². The molecule has 2 atom stereocenters. The number of piperazine rings is 1. The first-order valence-electron chi connectivity index (χ1n) is 18.1. The highest BCUT2D eigenvalue weighted by atomic mass is 16.5. The van der Waals surface area contributed by atoms with E-state index in [9.17, 15) is 19.2 Å². The zero-order chi connectivity index (χ0) is 37.2. The summed E-state index contributed by atoms with van der Waals surface area (Å²) in [6, 6.07) is 11.8. The molecule has 3 aliphatic heterocycles. The maximum Gasteiger partial charge on any atom is 0.276 e. The quantitative estimate of drug-likeness (QED) is 0.136. The van der Waals surface area contributed by atoms with Gasteiger partial charge in [0.05, 0.1) is 33.0 Å². The minimum Gasteiger partial charge on any atom is -0.496 e. The molecule has 2 aromatic heterocycles. The van der Waals surface area contributed by atoms with Gasteiger partial charge in [-0.3, -0.25) is 34.1 Å². The minimum absolute atomic E-state index is 0.0779. The van der Waals surface area contributed by atoms with Crippen LogP contribution in [-0.4, -0.2) is 114 Å². The van der Waals surface area contributed by atoms with E-state index in [1.165, 1.54) is 0 Å². The maximum atomic E-state index is 13.1. The standard InChI is InChI=1S/C38H47N9O6/c1-43-23-30(28-20-40-44(2)36(28)38(43)51)24-17-32(52-3)29(33(18-24)53-4)19-39-21-35(49)47-22-27(47)11-12-45-13-15-46(16-14-45)26-7-5-25(6-8-26)41-31-9-10-34(48)42-37(31)50/h5-8,17-18,20,23,27,31,39,41H,9-16,19,21-22H2,1-4H3,(H,42,48,50). The monoisotopic (exact) mass is 725 g/mol. The number of piperidine rings is 1. The third kappa shape index (κ3) is 7.71. The molecule has 0 radical (unpaired) electrons. The highest BCUT2D eigenvalue weighted by Crippen LogP contribution is 2.37. The number of benzene rings is 2.